The first-order chi connectivity index (χ1) is 9.31. The lowest BCUT2D eigenvalue weighted by atomic mass is 10.2. The van der Waals surface area contributed by atoms with Crippen molar-refractivity contribution in [1.82, 2.24) is 4.72 Å². The number of benzene rings is 1. The van der Waals surface area contributed by atoms with Crippen LogP contribution >= 0.6 is 15.9 Å². The van der Waals surface area contributed by atoms with E-state index in [9.17, 15) is 12.8 Å². The Kier molecular flexibility index (Phi) is 6.38. The summed E-state index contributed by atoms with van der Waals surface area (Å²) in [6.45, 7) is 2.15. The van der Waals surface area contributed by atoms with E-state index in [2.05, 4.69) is 20.7 Å². The van der Waals surface area contributed by atoms with Gasteiger partial charge in [0.1, 0.15) is 10.7 Å². The Balaban J connectivity index is 3.07. The van der Waals surface area contributed by atoms with Crippen molar-refractivity contribution in [3.05, 3.63) is 22.4 Å². The number of nitrogen functional groups attached to an aromatic ring is 1. The van der Waals surface area contributed by atoms with E-state index in [0.717, 1.165) is 18.6 Å². The van der Waals surface area contributed by atoms with Crippen molar-refractivity contribution in [1.29, 1.82) is 0 Å². The number of rotatable bonds is 7. The Morgan fingerprint density at radius 2 is 2.15 bits per heavy atom. The minimum atomic E-state index is -3.98. The molecule has 0 bridgehead atoms. The number of hydrogen-bond donors (Lipinski definition) is 2. The van der Waals surface area contributed by atoms with Gasteiger partial charge in [0, 0.05) is 23.3 Å². The molecule has 8 heteroatoms. The van der Waals surface area contributed by atoms with Gasteiger partial charge < -0.3 is 10.5 Å². The molecule has 0 spiro atoms. The summed E-state index contributed by atoms with van der Waals surface area (Å²) in [6, 6.07) is 1.73. The molecule has 1 atom stereocenters. The van der Waals surface area contributed by atoms with Crippen LogP contribution in [0.5, 0.6) is 0 Å². The summed E-state index contributed by atoms with van der Waals surface area (Å²) in [5.41, 5.74) is 5.76. The van der Waals surface area contributed by atoms with E-state index in [4.69, 9.17) is 10.5 Å². The van der Waals surface area contributed by atoms with Crippen LogP contribution in [0.2, 0.25) is 0 Å². The van der Waals surface area contributed by atoms with E-state index in [0.29, 0.717) is 10.9 Å². The summed E-state index contributed by atoms with van der Waals surface area (Å²) < 4.78 is 45.9. The summed E-state index contributed by atoms with van der Waals surface area (Å²) >= 11 is 3.05. The van der Waals surface area contributed by atoms with Crippen LogP contribution in [0.15, 0.2) is 21.5 Å². The number of methoxy groups -OCH3 is 1. The van der Waals surface area contributed by atoms with E-state index < -0.39 is 26.8 Å². The maximum absolute atomic E-state index is 13.8. The third-order valence-electron chi connectivity index (χ3n) is 2.67. The predicted molar refractivity (Wildman–Crippen MR) is 79.4 cm³/mol. The van der Waals surface area contributed by atoms with Crippen molar-refractivity contribution in [2.24, 2.45) is 0 Å². The highest BCUT2D eigenvalue weighted by molar-refractivity contribution is 9.10. The summed E-state index contributed by atoms with van der Waals surface area (Å²) in [5, 5.41) is 0. The molecule has 0 saturated carbocycles. The molecule has 0 fully saturated rings. The van der Waals surface area contributed by atoms with E-state index >= 15 is 0 Å². The first-order valence-electron chi connectivity index (χ1n) is 6.07. The molecule has 0 saturated heterocycles. The van der Waals surface area contributed by atoms with Crippen LogP contribution < -0.4 is 10.5 Å². The fraction of sp³-hybridized carbons (Fsp3) is 0.500. The third-order valence-corrected chi connectivity index (χ3v) is 4.89. The van der Waals surface area contributed by atoms with Crippen LogP contribution in [-0.2, 0) is 14.8 Å². The minimum absolute atomic E-state index is 0.158. The van der Waals surface area contributed by atoms with Crippen molar-refractivity contribution in [3.8, 4) is 0 Å². The van der Waals surface area contributed by atoms with Gasteiger partial charge >= 0.3 is 0 Å². The van der Waals surface area contributed by atoms with Crippen molar-refractivity contribution in [3.63, 3.8) is 0 Å². The average Bonchev–Trinajstić information content (AvgIpc) is 2.33. The number of halogens is 2. The van der Waals surface area contributed by atoms with Crippen LogP contribution in [0.25, 0.3) is 0 Å². The fourth-order valence-corrected chi connectivity index (χ4v) is 3.42. The Hall–Kier alpha value is -0.700. The van der Waals surface area contributed by atoms with Gasteiger partial charge in [-0.3, -0.25) is 0 Å². The lowest BCUT2D eigenvalue weighted by Crippen LogP contribution is -2.38. The van der Waals surface area contributed by atoms with Gasteiger partial charge in [-0.2, -0.15) is 0 Å². The Labute approximate surface area is 126 Å². The van der Waals surface area contributed by atoms with E-state index in [1.807, 2.05) is 6.92 Å². The molecule has 0 aliphatic heterocycles. The average molecular weight is 369 g/mol. The van der Waals surface area contributed by atoms with Gasteiger partial charge in [0.25, 0.3) is 0 Å². The van der Waals surface area contributed by atoms with Gasteiger partial charge in [-0.05, 0) is 34.5 Å². The molecule has 1 aromatic rings. The molecule has 1 unspecified atom stereocenters. The largest absolute Gasteiger partial charge is 0.398 e. The standard InChI is InChI=1S/C12H18BrFN2O3S/c1-3-4-8(7-19-2)16-20(17,18)12-6-11(15)9(13)5-10(12)14/h5-6,8,16H,3-4,7,15H2,1-2H3. The number of nitrogens with one attached hydrogen (secondary N) is 1. The van der Waals surface area contributed by atoms with E-state index in [1.165, 1.54) is 7.11 Å². The SMILES string of the molecule is CCCC(COC)NS(=O)(=O)c1cc(N)c(Br)cc1F. The van der Waals surface area contributed by atoms with Crippen LogP contribution in [0.4, 0.5) is 10.1 Å². The molecule has 1 rings (SSSR count). The van der Waals surface area contributed by atoms with Gasteiger partial charge in [0.2, 0.25) is 10.0 Å². The maximum Gasteiger partial charge on any atom is 0.243 e. The fourth-order valence-electron chi connectivity index (χ4n) is 1.76. The van der Waals surface area contributed by atoms with Crippen LogP contribution in [0.3, 0.4) is 0 Å². The number of nitrogens with two attached hydrogens (primary N) is 1. The minimum Gasteiger partial charge on any atom is -0.398 e. The second kappa shape index (κ2) is 7.35. The number of hydrogen-bond acceptors (Lipinski definition) is 4. The highest BCUT2D eigenvalue weighted by atomic mass is 79.9. The first-order valence-corrected chi connectivity index (χ1v) is 8.35. The van der Waals surface area contributed by atoms with Crippen LogP contribution in [0, 0.1) is 5.82 Å². The lowest BCUT2D eigenvalue weighted by Gasteiger charge is -2.17. The van der Waals surface area contributed by atoms with Crippen LogP contribution in [0.1, 0.15) is 19.8 Å². The van der Waals surface area contributed by atoms with Crippen molar-refractivity contribution < 1.29 is 17.5 Å². The number of ether oxygens (including phenoxy) is 1. The molecular weight excluding hydrogens is 351 g/mol. The first kappa shape index (κ1) is 17.4. The smallest absolute Gasteiger partial charge is 0.243 e. The highest BCUT2D eigenvalue weighted by Crippen LogP contribution is 2.26. The molecule has 114 valence electrons. The zero-order chi connectivity index (χ0) is 15.3. The normalized spacial score (nSPS) is 13.4. The molecule has 0 aromatic heterocycles. The monoisotopic (exact) mass is 368 g/mol. The number of anilines is 1. The topological polar surface area (TPSA) is 81.4 Å². The molecule has 5 nitrogen and oxygen atoms in total. The molecule has 0 aliphatic carbocycles. The lowest BCUT2D eigenvalue weighted by molar-refractivity contribution is 0.171. The zero-order valence-corrected chi connectivity index (χ0v) is 13.7. The van der Waals surface area contributed by atoms with Crippen molar-refractivity contribution in [2.75, 3.05) is 19.5 Å². The third kappa shape index (κ3) is 4.41. The van der Waals surface area contributed by atoms with E-state index in [1.54, 1.807) is 0 Å². The van der Waals surface area contributed by atoms with E-state index in [-0.39, 0.29) is 12.3 Å². The van der Waals surface area contributed by atoms with Gasteiger partial charge in [0.05, 0.1) is 6.61 Å². The molecule has 1 aromatic carbocycles. The number of sulfonamides is 1. The second-order valence-corrected chi connectivity index (χ2v) is 6.90. The van der Waals surface area contributed by atoms with Crippen molar-refractivity contribution >= 4 is 31.6 Å². The van der Waals surface area contributed by atoms with Crippen molar-refractivity contribution in [2.45, 2.75) is 30.7 Å². The molecule has 20 heavy (non-hydrogen) atoms. The second-order valence-electron chi connectivity index (χ2n) is 4.37. The quantitative estimate of drug-likeness (QED) is 0.723. The van der Waals surface area contributed by atoms with Gasteiger partial charge in [-0.15, -0.1) is 0 Å². The Morgan fingerprint density at radius 1 is 1.50 bits per heavy atom. The van der Waals surface area contributed by atoms with Gasteiger partial charge in [-0.1, -0.05) is 13.3 Å². The zero-order valence-electron chi connectivity index (χ0n) is 11.3. The molecule has 0 aliphatic rings. The van der Waals surface area contributed by atoms with Crippen LogP contribution in [-0.4, -0.2) is 28.2 Å². The summed E-state index contributed by atoms with van der Waals surface area (Å²) in [4.78, 5) is -0.463. The molecule has 0 heterocycles. The Morgan fingerprint density at radius 3 is 2.70 bits per heavy atom. The molecule has 0 radical (unpaired) electrons. The molecular formula is C12H18BrFN2O3S. The summed E-state index contributed by atoms with van der Waals surface area (Å²) in [6.07, 6.45) is 1.38. The highest BCUT2D eigenvalue weighted by Gasteiger charge is 2.24. The summed E-state index contributed by atoms with van der Waals surface area (Å²) in [5.74, 6) is -0.855. The maximum atomic E-state index is 13.8. The Bertz CT molecular complexity index is 560. The molecule has 3 N–H and O–H groups in total. The van der Waals surface area contributed by atoms with Gasteiger partial charge in [0.15, 0.2) is 0 Å². The molecule has 0 amide bonds. The summed E-state index contributed by atoms with van der Waals surface area (Å²) in [7, 11) is -2.50. The van der Waals surface area contributed by atoms with Gasteiger partial charge in [-0.25, -0.2) is 17.5 Å². The predicted octanol–water partition coefficient (Wildman–Crippen LogP) is 2.26.